The first-order valence-corrected chi connectivity index (χ1v) is 7.10. The second-order valence-electron chi connectivity index (χ2n) is 5.08. The van der Waals surface area contributed by atoms with Gasteiger partial charge in [0, 0.05) is 18.3 Å². The third-order valence-electron chi connectivity index (χ3n) is 3.54. The Kier molecular flexibility index (Phi) is 4.10. The molecule has 0 atom stereocenters. The van der Waals surface area contributed by atoms with Gasteiger partial charge in [0.25, 0.3) is 0 Å². The highest BCUT2D eigenvalue weighted by Crippen LogP contribution is 2.17. The maximum Gasteiger partial charge on any atom is 0.339 e. The largest absolute Gasteiger partial charge is 0.467 e. The average Bonchev–Trinajstić information content (AvgIpc) is 3.19. The molecule has 2 aromatic heterocycles. The van der Waals surface area contributed by atoms with E-state index in [9.17, 15) is 4.79 Å². The van der Waals surface area contributed by atoms with Gasteiger partial charge in [-0.15, -0.1) is 0 Å². The second-order valence-corrected chi connectivity index (χ2v) is 5.08. The van der Waals surface area contributed by atoms with Crippen LogP contribution in [0.3, 0.4) is 0 Å². The normalized spacial score (nSPS) is 10.6. The highest BCUT2D eigenvalue weighted by molar-refractivity contribution is 5.89. The van der Waals surface area contributed by atoms with Gasteiger partial charge in [0.15, 0.2) is 0 Å². The van der Waals surface area contributed by atoms with Crippen LogP contribution in [-0.4, -0.2) is 17.6 Å². The zero-order valence-electron chi connectivity index (χ0n) is 12.4. The Morgan fingerprint density at radius 3 is 2.68 bits per heavy atom. The number of esters is 1. The van der Waals surface area contributed by atoms with Gasteiger partial charge < -0.3 is 13.7 Å². The van der Waals surface area contributed by atoms with Crippen LogP contribution in [0.15, 0.2) is 65.4 Å². The number of hydrogen-bond acceptors (Lipinski definition) is 3. The molecule has 0 N–H and O–H groups in total. The number of aromatic nitrogens is 1. The summed E-state index contributed by atoms with van der Waals surface area (Å²) in [5.74, 6) is 0.522. The second kappa shape index (κ2) is 6.35. The lowest BCUT2D eigenvalue weighted by molar-refractivity contribution is 0.0600. The number of hydrogen-bond donors (Lipinski definition) is 0. The van der Waals surface area contributed by atoms with Crippen molar-refractivity contribution < 1.29 is 13.9 Å². The van der Waals surface area contributed by atoms with Crippen LogP contribution in [0.1, 0.15) is 27.4 Å². The predicted octanol–water partition coefficient (Wildman–Crippen LogP) is 3.51. The molecular weight excluding hydrogens is 278 g/mol. The molecule has 0 aliphatic rings. The van der Waals surface area contributed by atoms with Crippen molar-refractivity contribution in [3.63, 3.8) is 0 Å². The molecule has 4 heteroatoms. The minimum atomic E-state index is -0.326. The van der Waals surface area contributed by atoms with Crippen LogP contribution >= 0.6 is 0 Å². The molecule has 0 saturated carbocycles. The van der Waals surface area contributed by atoms with E-state index < -0.39 is 0 Å². The summed E-state index contributed by atoms with van der Waals surface area (Å²) in [6.07, 6.45) is 4.21. The molecule has 3 rings (SSSR count). The van der Waals surface area contributed by atoms with Crippen LogP contribution in [0, 0.1) is 0 Å². The van der Waals surface area contributed by atoms with Crippen molar-refractivity contribution in [2.75, 3.05) is 7.11 Å². The van der Waals surface area contributed by atoms with E-state index in [2.05, 4.69) is 12.1 Å². The Balaban J connectivity index is 1.91. The van der Waals surface area contributed by atoms with Crippen LogP contribution in [0.4, 0.5) is 0 Å². The fourth-order valence-corrected chi connectivity index (χ4v) is 2.46. The molecular formula is C18H17NO3. The van der Waals surface area contributed by atoms with Crippen molar-refractivity contribution in [2.24, 2.45) is 0 Å². The standard InChI is InChI=1S/C18H17NO3/c1-21-18(20)15-11-16(10-14-6-3-2-4-7-14)19(12-15)13-17-8-5-9-22-17/h2-9,11-12H,10,13H2,1H3. The highest BCUT2D eigenvalue weighted by Gasteiger charge is 2.13. The van der Waals surface area contributed by atoms with Gasteiger partial charge in [-0.05, 0) is 23.8 Å². The van der Waals surface area contributed by atoms with E-state index in [1.807, 2.05) is 47.2 Å². The van der Waals surface area contributed by atoms with E-state index in [0.29, 0.717) is 12.1 Å². The van der Waals surface area contributed by atoms with Gasteiger partial charge >= 0.3 is 5.97 Å². The zero-order valence-corrected chi connectivity index (χ0v) is 12.4. The van der Waals surface area contributed by atoms with Gasteiger partial charge in [-0.1, -0.05) is 30.3 Å². The lowest BCUT2D eigenvalue weighted by Gasteiger charge is -2.07. The molecule has 0 spiro atoms. The SMILES string of the molecule is COC(=O)c1cc(Cc2ccccc2)n(Cc2ccco2)c1. The summed E-state index contributed by atoms with van der Waals surface area (Å²) in [6, 6.07) is 15.8. The molecule has 0 unspecified atom stereocenters. The van der Waals surface area contributed by atoms with E-state index in [-0.39, 0.29) is 5.97 Å². The van der Waals surface area contributed by atoms with Crippen molar-refractivity contribution in [1.82, 2.24) is 4.57 Å². The molecule has 0 radical (unpaired) electrons. The molecule has 0 saturated heterocycles. The first-order chi connectivity index (χ1) is 10.8. The predicted molar refractivity (Wildman–Crippen MR) is 82.8 cm³/mol. The van der Waals surface area contributed by atoms with Crippen LogP contribution in [0.2, 0.25) is 0 Å². The molecule has 0 amide bonds. The molecule has 2 heterocycles. The summed E-state index contributed by atoms with van der Waals surface area (Å²) in [4.78, 5) is 11.8. The Labute approximate surface area is 128 Å². The van der Waals surface area contributed by atoms with E-state index in [0.717, 1.165) is 17.9 Å². The molecule has 0 fully saturated rings. The Morgan fingerprint density at radius 1 is 1.18 bits per heavy atom. The molecule has 3 aromatic rings. The third kappa shape index (κ3) is 3.11. The minimum Gasteiger partial charge on any atom is -0.467 e. The van der Waals surface area contributed by atoms with Crippen molar-refractivity contribution in [3.05, 3.63) is 83.6 Å². The first kappa shape index (κ1) is 14.2. The van der Waals surface area contributed by atoms with Crippen LogP contribution in [-0.2, 0) is 17.7 Å². The van der Waals surface area contributed by atoms with E-state index in [1.165, 1.54) is 12.7 Å². The van der Waals surface area contributed by atoms with Crippen molar-refractivity contribution >= 4 is 5.97 Å². The van der Waals surface area contributed by atoms with E-state index in [4.69, 9.17) is 9.15 Å². The number of ether oxygens (including phenoxy) is 1. The fourth-order valence-electron chi connectivity index (χ4n) is 2.46. The minimum absolute atomic E-state index is 0.326. The number of carbonyl (C=O) groups is 1. The third-order valence-corrected chi connectivity index (χ3v) is 3.54. The monoisotopic (exact) mass is 295 g/mol. The lowest BCUT2D eigenvalue weighted by atomic mass is 10.1. The van der Waals surface area contributed by atoms with Gasteiger partial charge in [0.1, 0.15) is 5.76 Å². The molecule has 0 aliphatic carbocycles. The highest BCUT2D eigenvalue weighted by atomic mass is 16.5. The van der Waals surface area contributed by atoms with Gasteiger partial charge in [0.2, 0.25) is 0 Å². The maximum absolute atomic E-state index is 11.8. The molecule has 0 bridgehead atoms. The van der Waals surface area contributed by atoms with Crippen molar-refractivity contribution in [1.29, 1.82) is 0 Å². The van der Waals surface area contributed by atoms with Crippen LogP contribution in [0.5, 0.6) is 0 Å². The van der Waals surface area contributed by atoms with Gasteiger partial charge in [-0.3, -0.25) is 0 Å². The van der Waals surface area contributed by atoms with Gasteiger partial charge in [-0.2, -0.15) is 0 Å². The van der Waals surface area contributed by atoms with Crippen LogP contribution in [0.25, 0.3) is 0 Å². The number of benzene rings is 1. The van der Waals surface area contributed by atoms with Crippen molar-refractivity contribution in [2.45, 2.75) is 13.0 Å². The lowest BCUT2D eigenvalue weighted by Crippen LogP contribution is -2.03. The number of carbonyl (C=O) groups excluding carboxylic acids is 1. The number of rotatable bonds is 5. The van der Waals surface area contributed by atoms with Gasteiger partial charge in [0.05, 0.1) is 25.5 Å². The van der Waals surface area contributed by atoms with Gasteiger partial charge in [-0.25, -0.2) is 4.79 Å². The Morgan fingerprint density at radius 2 is 2.00 bits per heavy atom. The van der Waals surface area contributed by atoms with Crippen LogP contribution < -0.4 is 0 Å². The Hall–Kier alpha value is -2.75. The zero-order chi connectivity index (χ0) is 15.4. The summed E-state index contributed by atoms with van der Waals surface area (Å²) in [5.41, 5.74) is 2.79. The quantitative estimate of drug-likeness (QED) is 0.677. The molecule has 22 heavy (non-hydrogen) atoms. The van der Waals surface area contributed by atoms with E-state index in [1.54, 1.807) is 6.26 Å². The Bertz CT molecular complexity index is 742. The smallest absolute Gasteiger partial charge is 0.339 e. The first-order valence-electron chi connectivity index (χ1n) is 7.10. The summed E-state index contributed by atoms with van der Waals surface area (Å²) in [7, 11) is 1.39. The summed E-state index contributed by atoms with van der Waals surface area (Å²) in [5, 5.41) is 0. The van der Waals surface area contributed by atoms with E-state index >= 15 is 0 Å². The number of nitrogens with zero attached hydrogens (tertiary/aromatic N) is 1. The topological polar surface area (TPSA) is 44.4 Å². The molecule has 112 valence electrons. The maximum atomic E-state index is 11.8. The summed E-state index contributed by atoms with van der Waals surface area (Å²) >= 11 is 0. The fraction of sp³-hybridized carbons (Fsp3) is 0.167. The summed E-state index contributed by atoms with van der Waals surface area (Å²) in [6.45, 7) is 0.589. The number of furan rings is 1. The molecule has 1 aromatic carbocycles. The average molecular weight is 295 g/mol. The van der Waals surface area contributed by atoms with Crippen molar-refractivity contribution in [3.8, 4) is 0 Å². The summed E-state index contributed by atoms with van der Waals surface area (Å²) < 4.78 is 12.2. The molecule has 0 aliphatic heterocycles. The number of methoxy groups -OCH3 is 1. The molecule has 4 nitrogen and oxygen atoms in total.